The van der Waals surface area contributed by atoms with Gasteiger partial charge in [0.2, 0.25) is 5.91 Å². The SMILES string of the molecule is Cc1ccc(C(=O)CCC(=O)NC(C)CCc2ccc(Br)cc2)s1. The van der Waals surface area contributed by atoms with E-state index in [-0.39, 0.29) is 30.6 Å². The van der Waals surface area contributed by atoms with E-state index in [0.29, 0.717) is 0 Å². The van der Waals surface area contributed by atoms with E-state index in [1.807, 2.05) is 38.1 Å². The van der Waals surface area contributed by atoms with Gasteiger partial charge in [-0.2, -0.15) is 0 Å². The van der Waals surface area contributed by atoms with Crippen LogP contribution in [-0.4, -0.2) is 17.7 Å². The summed E-state index contributed by atoms with van der Waals surface area (Å²) in [5.41, 5.74) is 1.25. The molecule has 1 aromatic carbocycles. The third-order valence-corrected chi connectivity index (χ3v) is 5.35. The highest BCUT2D eigenvalue weighted by Gasteiger charge is 2.12. The number of hydrogen-bond donors (Lipinski definition) is 1. The Kier molecular flexibility index (Phi) is 7.18. The molecule has 2 aromatic rings. The maximum atomic E-state index is 12.0. The van der Waals surface area contributed by atoms with Crippen molar-refractivity contribution in [2.75, 3.05) is 0 Å². The molecule has 1 unspecified atom stereocenters. The number of nitrogens with one attached hydrogen (secondary N) is 1. The first kappa shape index (κ1) is 18.9. The van der Waals surface area contributed by atoms with Gasteiger partial charge in [-0.1, -0.05) is 28.1 Å². The van der Waals surface area contributed by atoms with Crippen molar-refractivity contribution in [1.82, 2.24) is 5.32 Å². The molecule has 0 saturated carbocycles. The fraction of sp³-hybridized carbons (Fsp3) is 0.368. The molecule has 1 amide bonds. The number of amides is 1. The summed E-state index contributed by atoms with van der Waals surface area (Å²) in [5, 5.41) is 2.98. The van der Waals surface area contributed by atoms with E-state index >= 15 is 0 Å². The molecule has 1 N–H and O–H groups in total. The Bertz CT molecular complexity index is 694. The number of halogens is 1. The van der Waals surface area contributed by atoms with Crippen molar-refractivity contribution >= 4 is 39.0 Å². The second-order valence-corrected chi connectivity index (χ2v) is 8.17. The number of benzene rings is 1. The van der Waals surface area contributed by atoms with Crippen molar-refractivity contribution in [2.24, 2.45) is 0 Å². The summed E-state index contributed by atoms with van der Waals surface area (Å²) in [6.07, 6.45) is 2.32. The van der Waals surface area contributed by atoms with Crippen molar-refractivity contribution in [1.29, 1.82) is 0 Å². The van der Waals surface area contributed by atoms with Gasteiger partial charge < -0.3 is 5.32 Å². The average molecular weight is 408 g/mol. The van der Waals surface area contributed by atoms with E-state index in [4.69, 9.17) is 0 Å². The smallest absolute Gasteiger partial charge is 0.220 e. The Labute approximate surface area is 155 Å². The van der Waals surface area contributed by atoms with Crippen LogP contribution in [0.3, 0.4) is 0 Å². The van der Waals surface area contributed by atoms with Gasteiger partial charge in [-0.3, -0.25) is 9.59 Å². The number of aryl methyl sites for hydroxylation is 2. The molecule has 5 heteroatoms. The van der Waals surface area contributed by atoms with E-state index in [9.17, 15) is 9.59 Å². The third-order valence-electron chi connectivity index (χ3n) is 3.78. The molecule has 0 aliphatic heterocycles. The molecule has 3 nitrogen and oxygen atoms in total. The summed E-state index contributed by atoms with van der Waals surface area (Å²) in [6.45, 7) is 3.97. The van der Waals surface area contributed by atoms with Gasteiger partial charge in [0.05, 0.1) is 4.88 Å². The van der Waals surface area contributed by atoms with Crippen LogP contribution >= 0.6 is 27.3 Å². The fourth-order valence-corrected chi connectivity index (χ4v) is 3.49. The third kappa shape index (κ3) is 6.21. The van der Waals surface area contributed by atoms with Crippen molar-refractivity contribution in [3.05, 3.63) is 56.2 Å². The highest BCUT2D eigenvalue weighted by atomic mass is 79.9. The van der Waals surface area contributed by atoms with Gasteiger partial charge in [0, 0.05) is 28.2 Å². The fourth-order valence-electron chi connectivity index (χ4n) is 2.39. The first-order valence-electron chi connectivity index (χ1n) is 8.07. The minimum Gasteiger partial charge on any atom is -0.354 e. The zero-order chi connectivity index (χ0) is 17.5. The molecule has 1 aromatic heterocycles. The first-order valence-corrected chi connectivity index (χ1v) is 9.68. The maximum absolute atomic E-state index is 12.0. The predicted octanol–water partition coefficient (Wildman–Crippen LogP) is 4.92. The normalized spacial score (nSPS) is 12.0. The van der Waals surface area contributed by atoms with Crippen LogP contribution in [0.15, 0.2) is 40.9 Å². The summed E-state index contributed by atoms with van der Waals surface area (Å²) in [5.74, 6) is -0.00861. The lowest BCUT2D eigenvalue weighted by Gasteiger charge is -2.13. The van der Waals surface area contributed by atoms with E-state index < -0.39 is 0 Å². The van der Waals surface area contributed by atoms with Gasteiger partial charge in [0.1, 0.15) is 0 Å². The quantitative estimate of drug-likeness (QED) is 0.631. The summed E-state index contributed by atoms with van der Waals surface area (Å²) in [6, 6.07) is 12.1. The molecule has 0 aliphatic carbocycles. The van der Waals surface area contributed by atoms with Gasteiger partial charge >= 0.3 is 0 Å². The molecule has 0 aliphatic rings. The zero-order valence-corrected chi connectivity index (χ0v) is 16.4. The molecule has 128 valence electrons. The molecule has 24 heavy (non-hydrogen) atoms. The number of carbonyl (C=O) groups is 2. The molecule has 1 heterocycles. The van der Waals surface area contributed by atoms with Crippen LogP contribution in [0.4, 0.5) is 0 Å². The van der Waals surface area contributed by atoms with Crippen LogP contribution in [0.5, 0.6) is 0 Å². The summed E-state index contributed by atoms with van der Waals surface area (Å²) in [4.78, 5) is 25.9. The zero-order valence-electron chi connectivity index (χ0n) is 14.0. The van der Waals surface area contributed by atoms with Crippen LogP contribution in [0.25, 0.3) is 0 Å². The minimum atomic E-state index is -0.0556. The van der Waals surface area contributed by atoms with Gasteiger partial charge in [0.25, 0.3) is 0 Å². The van der Waals surface area contributed by atoms with Crippen molar-refractivity contribution < 1.29 is 9.59 Å². The molecule has 0 bridgehead atoms. The number of rotatable bonds is 8. The minimum absolute atomic E-state index is 0.0470. The van der Waals surface area contributed by atoms with Crippen molar-refractivity contribution in [2.45, 2.75) is 45.6 Å². The topological polar surface area (TPSA) is 46.2 Å². The second kappa shape index (κ2) is 9.14. The molecule has 0 saturated heterocycles. The monoisotopic (exact) mass is 407 g/mol. The van der Waals surface area contributed by atoms with Gasteiger partial charge in [-0.15, -0.1) is 11.3 Å². The summed E-state index contributed by atoms with van der Waals surface area (Å²) < 4.78 is 1.07. The van der Waals surface area contributed by atoms with Crippen LogP contribution in [-0.2, 0) is 11.2 Å². The Balaban J connectivity index is 1.69. The Morgan fingerprint density at radius 2 is 1.83 bits per heavy atom. The predicted molar refractivity (Wildman–Crippen MR) is 103 cm³/mol. The van der Waals surface area contributed by atoms with Crippen molar-refractivity contribution in [3.63, 3.8) is 0 Å². The van der Waals surface area contributed by atoms with E-state index in [1.165, 1.54) is 16.9 Å². The molecule has 0 spiro atoms. The Hall–Kier alpha value is -1.46. The standard InChI is InChI=1S/C19H22BrNO2S/c1-13(3-5-15-6-8-16(20)9-7-15)21-19(23)12-10-17(22)18-11-4-14(2)24-18/h4,6-9,11,13H,3,5,10,12H2,1-2H3,(H,21,23). The van der Waals surface area contributed by atoms with Gasteiger partial charge in [-0.05, 0) is 56.5 Å². The molecule has 2 rings (SSSR count). The highest BCUT2D eigenvalue weighted by molar-refractivity contribution is 9.10. The molecule has 0 radical (unpaired) electrons. The number of thiophene rings is 1. The Morgan fingerprint density at radius 3 is 2.46 bits per heavy atom. The molecular weight excluding hydrogens is 386 g/mol. The lowest BCUT2D eigenvalue weighted by molar-refractivity contribution is -0.121. The Morgan fingerprint density at radius 1 is 1.12 bits per heavy atom. The molecule has 0 fully saturated rings. The number of carbonyl (C=O) groups excluding carboxylic acids is 2. The van der Waals surface area contributed by atoms with Crippen LogP contribution in [0.2, 0.25) is 0 Å². The molecule has 1 atom stereocenters. The molecular formula is C19H22BrNO2S. The van der Waals surface area contributed by atoms with Crippen LogP contribution in [0.1, 0.15) is 46.3 Å². The number of ketones is 1. The lowest BCUT2D eigenvalue weighted by atomic mass is 10.1. The van der Waals surface area contributed by atoms with Crippen molar-refractivity contribution in [3.8, 4) is 0 Å². The summed E-state index contributed by atoms with van der Waals surface area (Å²) >= 11 is 4.90. The first-order chi connectivity index (χ1) is 11.4. The number of Topliss-reactive ketones (excluding diaryl/α,β-unsaturated/α-hetero) is 1. The number of hydrogen-bond acceptors (Lipinski definition) is 3. The van der Waals surface area contributed by atoms with E-state index in [2.05, 4.69) is 33.4 Å². The summed E-state index contributed by atoms with van der Waals surface area (Å²) in [7, 11) is 0. The average Bonchev–Trinajstić information content (AvgIpc) is 2.98. The second-order valence-electron chi connectivity index (χ2n) is 5.97. The van der Waals surface area contributed by atoms with E-state index in [1.54, 1.807) is 0 Å². The van der Waals surface area contributed by atoms with Crippen LogP contribution in [0, 0.1) is 6.92 Å². The lowest BCUT2D eigenvalue weighted by Crippen LogP contribution is -2.33. The highest BCUT2D eigenvalue weighted by Crippen LogP contribution is 2.17. The van der Waals surface area contributed by atoms with E-state index in [0.717, 1.165) is 27.1 Å². The van der Waals surface area contributed by atoms with Gasteiger partial charge in [0.15, 0.2) is 5.78 Å². The maximum Gasteiger partial charge on any atom is 0.220 e. The van der Waals surface area contributed by atoms with Gasteiger partial charge in [-0.25, -0.2) is 0 Å². The van der Waals surface area contributed by atoms with Crippen LogP contribution < -0.4 is 5.32 Å². The largest absolute Gasteiger partial charge is 0.354 e.